The third-order valence-corrected chi connectivity index (χ3v) is 6.57. The topological polar surface area (TPSA) is 69.7 Å². The van der Waals surface area contributed by atoms with Crippen molar-refractivity contribution in [2.45, 2.75) is 64.1 Å². The van der Waals surface area contributed by atoms with E-state index in [1.165, 1.54) is 11.3 Å². The standard InChI is InChI=1S/C21H26FN3O3/c1-12-5-3-4-6-15(12)24(2)16-8-7-13-14(19(16)22)11-25(21(13)28)17-9-10-18(26)23-20(17)27/h7-8,12,15,17H,3-6,9-11H2,1-2H3,(H,23,26,27)/t12-,15+,17?/m0/s1. The van der Waals surface area contributed by atoms with Crippen molar-refractivity contribution < 1.29 is 18.8 Å². The largest absolute Gasteiger partial charge is 0.369 e. The molecule has 1 aromatic carbocycles. The molecule has 4 rings (SSSR count). The first-order chi connectivity index (χ1) is 13.4. The van der Waals surface area contributed by atoms with Gasteiger partial charge >= 0.3 is 0 Å². The summed E-state index contributed by atoms with van der Waals surface area (Å²) >= 11 is 0. The molecule has 2 fully saturated rings. The Morgan fingerprint density at radius 3 is 2.61 bits per heavy atom. The van der Waals surface area contributed by atoms with E-state index in [2.05, 4.69) is 12.2 Å². The van der Waals surface area contributed by atoms with E-state index in [-0.39, 0.29) is 43.1 Å². The lowest BCUT2D eigenvalue weighted by Crippen LogP contribution is -2.52. The molecule has 0 spiro atoms. The number of piperidine rings is 1. The molecule has 0 bridgehead atoms. The predicted molar refractivity (Wildman–Crippen MR) is 102 cm³/mol. The minimum atomic E-state index is -0.725. The van der Waals surface area contributed by atoms with E-state index in [1.54, 1.807) is 12.1 Å². The monoisotopic (exact) mass is 387 g/mol. The molecule has 2 heterocycles. The molecule has 1 aromatic rings. The van der Waals surface area contributed by atoms with Gasteiger partial charge in [-0.1, -0.05) is 19.8 Å². The Balaban J connectivity index is 1.60. The highest BCUT2D eigenvalue weighted by atomic mass is 19.1. The highest BCUT2D eigenvalue weighted by Gasteiger charge is 2.41. The highest BCUT2D eigenvalue weighted by Crippen LogP contribution is 2.36. The Labute approximate surface area is 164 Å². The summed E-state index contributed by atoms with van der Waals surface area (Å²) in [6.45, 7) is 2.27. The number of halogens is 1. The summed E-state index contributed by atoms with van der Waals surface area (Å²) in [7, 11) is 1.92. The van der Waals surface area contributed by atoms with Crippen molar-refractivity contribution in [3.63, 3.8) is 0 Å². The van der Waals surface area contributed by atoms with Crippen LogP contribution in [0.15, 0.2) is 12.1 Å². The van der Waals surface area contributed by atoms with E-state index in [1.807, 2.05) is 11.9 Å². The predicted octanol–water partition coefficient (Wildman–Crippen LogP) is 2.60. The molecule has 7 heteroatoms. The van der Waals surface area contributed by atoms with Gasteiger partial charge in [0.05, 0.1) is 12.2 Å². The Kier molecular flexibility index (Phi) is 4.85. The lowest BCUT2D eigenvalue weighted by atomic mass is 9.85. The molecule has 6 nitrogen and oxygen atoms in total. The van der Waals surface area contributed by atoms with E-state index in [9.17, 15) is 14.4 Å². The number of carbonyl (C=O) groups excluding carboxylic acids is 3. The number of nitrogens with one attached hydrogen (secondary N) is 1. The number of rotatable bonds is 3. The zero-order valence-electron chi connectivity index (χ0n) is 16.3. The molecular formula is C21H26FN3O3. The summed E-state index contributed by atoms with van der Waals surface area (Å²) in [6, 6.07) is 2.91. The van der Waals surface area contributed by atoms with E-state index >= 15 is 4.39 Å². The second kappa shape index (κ2) is 7.18. The van der Waals surface area contributed by atoms with E-state index in [0.29, 0.717) is 22.7 Å². The molecule has 0 radical (unpaired) electrons. The quantitative estimate of drug-likeness (QED) is 0.810. The molecule has 1 aliphatic carbocycles. The van der Waals surface area contributed by atoms with Gasteiger partial charge in [-0.05, 0) is 37.3 Å². The normalized spacial score (nSPS) is 27.6. The maximum Gasteiger partial charge on any atom is 0.255 e. The zero-order chi connectivity index (χ0) is 20.0. The summed E-state index contributed by atoms with van der Waals surface area (Å²) in [6.07, 6.45) is 5.01. The molecule has 1 unspecified atom stereocenters. The molecular weight excluding hydrogens is 361 g/mol. The van der Waals surface area contributed by atoms with Crippen LogP contribution in [0.5, 0.6) is 0 Å². The maximum absolute atomic E-state index is 15.4. The van der Waals surface area contributed by atoms with E-state index < -0.39 is 11.9 Å². The number of carbonyl (C=O) groups is 3. The third-order valence-electron chi connectivity index (χ3n) is 6.57. The molecule has 150 valence electrons. The Morgan fingerprint density at radius 1 is 1.14 bits per heavy atom. The minimum Gasteiger partial charge on any atom is -0.369 e. The number of amides is 3. The summed E-state index contributed by atoms with van der Waals surface area (Å²) < 4.78 is 15.4. The van der Waals surface area contributed by atoms with Gasteiger partial charge in [0.2, 0.25) is 11.8 Å². The Bertz CT molecular complexity index is 840. The van der Waals surface area contributed by atoms with Crippen molar-refractivity contribution in [2.75, 3.05) is 11.9 Å². The van der Waals surface area contributed by atoms with Crippen molar-refractivity contribution in [1.82, 2.24) is 10.2 Å². The van der Waals surface area contributed by atoms with Gasteiger partial charge in [0, 0.05) is 30.6 Å². The molecule has 3 amide bonds. The fourth-order valence-corrected chi connectivity index (χ4v) is 4.92. The van der Waals surface area contributed by atoms with Crippen molar-refractivity contribution in [2.24, 2.45) is 5.92 Å². The minimum absolute atomic E-state index is 0.0637. The van der Waals surface area contributed by atoms with Crippen molar-refractivity contribution >= 4 is 23.4 Å². The number of hydrogen-bond acceptors (Lipinski definition) is 4. The van der Waals surface area contributed by atoms with Crippen molar-refractivity contribution in [3.05, 3.63) is 29.1 Å². The van der Waals surface area contributed by atoms with Crippen molar-refractivity contribution in [1.29, 1.82) is 0 Å². The molecule has 0 aromatic heterocycles. The van der Waals surface area contributed by atoms with E-state index in [0.717, 1.165) is 19.3 Å². The van der Waals surface area contributed by atoms with Gasteiger partial charge in [0.1, 0.15) is 6.04 Å². The summed E-state index contributed by atoms with van der Waals surface area (Å²) in [5, 5.41) is 2.27. The molecule has 2 aliphatic heterocycles. The molecule has 1 N–H and O–H groups in total. The van der Waals surface area contributed by atoms with Crippen LogP contribution >= 0.6 is 0 Å². The third kappa shape index (κ3) is 3.06. The SMILES string of the molecule is C[C@H]1CCCC[C@H]1N(C)c1ccc2c(c1F)CN(C1CCC(=O)NC1=O)C2=O. The van der Waals surface area contributed by atoms with Gasteiger partial charge in [-0.2, -0.15) is 0 Å². The first-order valence-electron chi connectivity index (χ1n) is 10.1. The number of benzene rings is 1. The van der Waals surface area contributed by atoms with Crippen LogP contribution in [0, 0.1) is 11.7 Å². The van der Waals surface area contributed by atoms with Crippen LogP contribution in [-0.4, -0.2) is 41.8 Å². The van der Waals surface area contributed by atoms with Crippen LogP contribution < -0.4 is 10.2 Å². The first-order valence-corrected chi connectivity index (χ1v) is 10.1. The van der Waals surface area contributed by atoms with Gasteiger partial charge < -0.3 is 9.80 Å². The van der Waals surface area contributed by atoms with Crippen LogP contribution in [0.1, 0.15) is 61.4 Å². The second-order valence-corrected chi connectivity index (χ2v) is 8.26. The average Bonchev–Trinajstić information content (AvgIpc) is 2.99. The summed E-state index contributed by atoms with van der Waals surface area (Å²) in [5.74, 6) is -1.04. The van der Waals surface area contributed by atoms with Crippen LogP contribution in [0.4, 0.5) is 10.1 Å². The Hall–Kier alpha value is -2.44. The lowest BCUT2D eigenvalue weighted by Gasteiger charge is -2.38. The average molecular weight is 387 g/mol. The molecule has 28 heavy (non-hydrogen) atoms. The summed E-state index contributed by atoms with van der Waals surface area (Å²) in [5.41, 5.74) is 1.17. The lowest BCUT2D eigenvalue weighted by molar-refractivity contribution is -0.136. The van der Waals surface area contributed by atoms with Gasteiger partial charge in [-0.15, -0.1) is 0 Å². The number of hydrogen-bond donors (Lipinski definition) is 1. The Morgan fingerprint density at radius 2 is 1.89 bits per heavy atom. The number of anilines is 1. The summed E-state index contributed by atoms with van der Waals surface area (Å²) in [4.78, 5) is 39.7. The van der Waals surface area contributed by atoms with Crippen LogP contribution in [0.3, 0.4) is 0 Å². The molecule has 1 saturated carbocycles. The second-order valence-electron chi connectivity index (χ2n) is 8.26. The van der Waals surface area contributed by atoms with Gasteiger partial charge in [-0.3, -0.25) is 19.7 Å². The van der Waals surface area contributed by atoms with Crippen molar-refractivity contribution in [3.8, 4) is 0 Å². The van der Waals surface area contributed by atoms with E-state index in [4.69, 9.17) is 0 Å². The van der Waals surface area contributed by atoms with Gasteiger partial charge in [-0.25, -0.2) is 4.39 Å². The molecule has 3 aliphatic rings. The zero-order valence-corrected chi connectivity index (χ0v) is 16.3. The fourth-order valence-electron chi connectivity index (χ4n) is 4.92. The van der Waals surface area contributed by atoms with Gasteiger partial charge in [0.15, 0.2) is 5.82 Å². The number of imide groups is 1. The smallest absolute Gasteiger partial charge is 0.255 e. The number of nitrogens with zero attached hydrogens (tertiary/aromatic N) is 2. The molecule has 1 saturated heterocycles. The first kappa shape index (κ1) is 18.9. The van der Waals surface area contributed by atoms with Crippen LogP contribution in [-0.2, 0) is 16.1 Å². The van der Waals surface area contributed by atoms with Crippen LogP contribution in [0.25, 0.3) is 0 Å². The fraction of sp³-hybridized carbons (Fsp3) is 0.571. The van der Waals surface area contributed by atoms with Crippen LogP contribution in [0.2, 0.25) is 0 Å². The highest BCUT2D eigenvalue weighted by molar-refractivity contribution is 6.05. The number of fused-ring (bicyclic) bond motifs is 1. The maximum atomic E-state index is 15.4. The van der Waals surface area contributed by atoms with Gasteiger partial charge in [0.25, 0.3) is 5.91 Å². The molecule has 3 atom stereocenters.